The average molecular weight is 486 g/mol. The fourth-order valence-electron chi connectivity index (χ4n) is 4.53. The number of benzene rings is 3. The van der Waals surface area contributed by atoms with Gasteiger partial charge in [-0.3, -0.25) is 14.5 Å². The number of ether oxygens (including phenoxy) is 2. The topological polar surface area (TPSA) is 76.1 Å². The van der Waals surface area contributed by atoms with Crippen molar-refractivity contribution in [1.29, 1.82) is 0 Å². The van der Waals surface area contributed by atoms with Crippen LogP contribution in [-0.4, -0.2) is 30.5 Å². The number of aliphatic hydroxyl groups excluding tert-OH is 1. The van der Waals surface area contributed by atoms with E-state index in [2.05, 4.69) is 13.8 Å². The molecule has 0 aliphatic carbocycles. The summed E-state index contributed by atoms with van der Waals surface area (Å²) < 4.78 is 11.1. The van der Waals surface area contributed by atoms with Crippen molar-refractivity contribution in [3.05, 3.63) is 94.6 Å². The molecule has 1 saturated heterocycles. The van der Waals surface area contributed by atoms with Gasteiger partial charge in [0, 0.05) is 5.69 Å². The zero-order valence-electron chi connectivity index (χ0n) is 21.2. The van der Waals surface area contributed by atoms with Crippen molar-refractivity contribution < 1.29 is 24.2 Å². The van der Waals surface area contributed by atoms with Gasteiger partial charge in [-0.05, 0) is 67.3 Å². The molecule has 6 nitrogen and oxygen atoms in total. The van der Waals surface area contributed by atoms with Gasteiger partial charge >= 0.3 is 0 Å². The van der Waals surface area contributed by atoms with Gasteiger partial charge in [0.25, 0.3) is 11.7 Å². The molecule has 1 amide bonds. The van der Waals surface area contributed by atoms with Gasteiger partial charge in [0.15, 0.2) is 0 Å². The number of hydrogen-bond donors (Lipinski definition) is 1. The molecule has 1 aliphatic heterocycles. The zero-order valence-corrected chi connectivity index (χ0v) is 21.2. The van der Waals surface area contributed by atoms with Crippen LogP contribution in [0.4, 0.5) is 5.69 Å². The number of anilines is 1. The van der Waals surface area contributed by atoms with Crippen molar-refractivity contribution in [3.63, 3.8) is 0 Å². The van der Waals surface area contributed by atoms with Crippen molar-refractivity contribution in [3.8, 4) is 11.5 Å². The second-order valence-corrected chi connectivity index (χ2v) is 9.12. The van der Waals surface area contributed by atoms with Crippen LogP contribution < -0.4 is 14.4 Å². The molecular formula is C30H31NO5. The van der Waals surface area contributed by atoms with Crippen molar-refractivity contribution in [2.24, 2.45) is 0 Å². The van der Waals surface area contributed by atoms with Crippen LogP contribution in [0.15, 0.2) is 72.3 Å². The third kappa shape index (κ3) is 4.59. The minimum absolute atomic E-state index is 0.00508. The summed E-state index contributed by atoms with van der Waals surface area (Å²) in [6.07, 6.45) is 0. The van der Waals surface area contributed by atoms with Gasteiger partial charge in [-0.2, -0.15) is 0 Å². The third-order valence-electron chi connectivity index (χ3n) is 6.38. The molecule has 6 heteroatoms. The van der Waals surface area contributed by atoms with E-state index in [1.807, 2.05) is 62.4 Å². The second-order valence-electron chi connectivity index (χ2n) is 9.12. The number of nitrogens with zero attached hydrogens (tertiary/aromatic N) is 1. The molecule has 1 unspecified atom stereocenters. The molecule has 3 aromatic rings. The number of hydrogen-bond acceptors (Lipinski definition) is 5. The fourth-order valence-corrected chi connectivity index (χ4v) is 4.53. The molecule has 4 rings (SSSR count). The van der Waals surface area contributed by atoms with Crippen LogP contribution >= 0.6 is 0 Å². The highest BCUT2D eigenvalue weighted by Crippen LogP contribution is 2.44. The molecule has 3 aromatic carbocycles. The van der Waals surface area contributed by atoms with Crippen molar-refractivity contribution in [2.75, 3.05) is 18.6 Å². The highest BCUT2D eigenvalue weighted by molar-refractivity contribution is 6.51. The highest BCUT2D eigenvalue weighted by atomic mass is 16.5. The lowest BCUT2D eigenvalue weighted by atomic mass is 9.94. The standard InChI is InChI=1S/C30H31NO5/c1-6-36-23-9-7-8-21(17-23)27-26(28(32)24-16-19(4)10-15-25(24)35-5)29(33)30(34)31(27)22-13-11-20(12-14-22)18(2)3/h7-18,27,32H,6H2,1-5H3/b28-26+. The third-order valence-corrected chi connectivity index (χ3v) is 6.38. The van der Waals surface area contributed by atoms with E-state index in [0.29, 0.717) is 40.8 Å². The maximum atomic E-state index is 13.5. The van der Waals surface area contributed by atoms with E-state index >= 15 is 0 Å². The summed E-state index contributed by atoms with van der Waals surface area (Å²) in [7, 11) is 1.50. The Balaban J connectivity index is 1.96. The van der Waals surface area contributed by atoms with Gasteiger partial charge < -0.3 is 14.6 Å². The Kier molecular flexibility index (Phi) is 7.15. The molecule has 1 atom stereocenters. The quantitative estimate of drug-likeness (QED) is 0.247. The first-order valence-electron chi connectivity index (χ1n) is 12.1. The van der Waals surface area contributed by atoms with Gasteiger partial charge in [0.1, 0.15) is 17.3 Å². The van der Waals surface area contributed by atoms with E-state index in [-0.39, 0.29) is 11.3 Å². The summed E-state index contributed by atoms with van der Waals surface area (Å²) in [6, 6.07) is 19.3. The van der Waals surface area contributed by atoms with Crippen LogP contribution in [0.5, 0.6) is 11.5 Å². The minimum atomic E-state index is -0.847. The molecular weight excluding hydrogens is 454 g/mol. The first-order chi connectivity index (χ1) is 17.3. The molecule has 0 saturated carbocycles. The van der Waals surface area contributed by atoms with E-state index < -0.39 is 17.7 Å². The number of amides is 1. The molecule has 0 spiro atoms. The number of carbonyl (C=O) groups is 2. The maximum Gasteiger partial charge on any atom is 0.300 e. The van der Waals surface area contributed by atoms with Gasteiger partial charge in [-0.1, -0.05) is 49.7 Å². The second kappa shape index (κ2) is 10.3. The summed E-state index contributed by atoms with van der Waals surface area (Å²) in [5.41, 5.74) is 3.59. The van der Waals surface area contributed by atoms with Crippen LogP contribution in [0, 0.1) is 6.92 Å². The average Bonchev–Trinajstić information content (AvgIpc) is 3.14. The van der Waals surface area contributed by atoms with E-state index in [1.54, 1.807) is 18.2 Å². The minimum Gasteiger partial charge on any atom is -0.507 e. The normalized spacial score (nSPS) is 17.1. The Hall–Kier alpha value is -4.06. The van der Waals surface area contributed by atoms with Crippen molar-refractivity contribution in [2.45, 2.75) is 39.7 Å². The Labute approximate surface area is 211 Å². The Morgan fingerprint density at radius 3 is 2.39 bits per heavy atom. The maximum absolute atomic E-state index is 13.5. The number of carbonyl (C=O) groups excluding carboxylic acids is 2. The number of ketones is 1. The molecule has 186 valence electrons. The molecule has 1 N–H and O–H groups in total. The van der Waals surface area contributed by atoms with Crippen LogP contribution in [-0.2, 0) is 9.59 Å². The molecule has 1 aliphatic rings. The predicted octanol–water partition coefficient (Wildman–Crippen LogP) is 6.15. The lowest BCUT2D eigenvalue weighted by molar-refractivity contribution is -0.132. The first-order valence-corrected chi connectivity index (χ1v) is 12.1. The van der Waals surface area contributed by atoms with Crippen LogP contribution in [0.3, 0.4) is 0 Å². The SMILES string of the molecule is CCOc1cccc(C2/C(=C(\O)c3cc(C)ccc3OC)C(=O)C(=O)N2c2ccc(C(C)C)cc2)c1. The van der Waals surface area contributed by atoms with E-state index in [4.69, 9.17) is 9.47 Å². The Morgan fingerprint density at radius 2 is 1.75 bits per heavy atom. The molecule has 0 bridgehead atoms. The lowest BCUT2D eigenvalue weighted by Crippen LogP contribution is -2.29. The number of methoxy groups -OCH3 is 1. The summed E-state index contributed by atoms with van der Waals surface area (Å²) >= 11 is 0. The lowest BCUT2D eigenvalue weighted by Gasteiger charge is -2.26. The van der Waals surface area contributed by atoms with Crippen LogP contribution in [0.1, 0.15) is 55.0 Å². The fraction of sp³-hybridized carbons (Fsp3) is 0.267. The van der Waals surface area contributed by atoms with Crippen LogP contribution in [0.2, 0.25) is 0 Å². The number of aliphatic hydroxyl groups is 1. The van der Waals surface area contributed by atoms with E-state index in [9.17, 15) is 14.7 Å². The number of rotatable bonds is 7. The molecule has 1 fully saturated rings. The molecule has 0 radical (unpaired) electrons. The summed E-state index contributed by atoms with van der Waals surface area (Å²) in [4.78, 5) is 28.4. The summed E-state index contributed by atoms with van der Waals surface area (Å²) in [6.45, 7) is 8.43. The Morgan fingerprint density at radius 1 is 1.03 bits per heavy atom. The number of aryl methyl sites for hydroxylation is 1. The van der Waals surface area contributed by atoms with Gasteiger partial charge in [0.05, 0.1) is 30.9 Å². The van der Waals surface area contributed by atoms with Gasteiger partial charge in [-0.25, -0.2) is 0 Å². The molecule has 1 heterocycles. The summed E-state index contributed by atoms with van der Waals surface area (Å²) in [5, 5.41) is 11.5. The summed E-state index contributed by atoms with van der Waals surface area (Å²) in [5.74, 6) is -0.386. The molecule has 0 aromatic heterocycles. The Bertz CT molecular complexity index is 1320. The number of Topliss-reactive ketones (excluding diaryl/α,β-unsaturated/α-hetero) is 1. The predicted molar refractivity (Wildman–Crippen MR) is 141 cm³/mol. The van der Waals surface area contributed by atoms with Gasteiger partial charge in [0.2, 0.25) is 0 Å². The first kappa shape index (κ1) is 25.0. The zero-order chi connectivity index (χ0) is 26.0. The van der Waals surface area contributed by atoms with Gasteiger partial charge in [-0.15, -0.1) is 0 Å². The van der Waals surface area contributed by atoms with Crippen molar-refractivity contribution >= 4 is 23.1 Å². The van der Waals surface area contributed by atoms with Crippen LogP contribution in [0.25, 0.3) is 5.76 Å². The largest absolute Gasteiger partial charge is 0.507 e. The highest BCUT2D eigenvalue weighted by Gasteiger charge is 2.47. The molecule has 36 heavy (non-hydrogen) atoms. The van der Waals surface area contributed by atoms with Crippen molar-refractivity contribution in [1.82, 2.24) is 0 Å². The smallest absolute Gasteiger partial charge is 0.300 e. The monoisotopic (exact) mass is 485 g/mol. The van der Waals surface area contributed by atoms with E-state index in [0.717, 1.165) is 11.1 Å². The van der Waals surface area contributed by atoms with E-state index in [1.165, 1.54) is 12.0 Å².